The first kappa shape index (κ1) is 20.0. The SMILES string of the molecule is CC(CCCl)Nc1ccc(Oc2ccc(Nc3ccnc4ccccc34)cc2)cc1. The highest BCUT2D eigenvalue weighted by Gasteiger charge is 2.04. The molecule has 0 fully saturated rings. The molecule has 1 atom stereocenters. The van der Waals surface area contributed by atoms with E-state index in [4.69, 9.17) is 16.3 Å². The Balaban J connectivity index is 1.40. The quantitative estimate of drug-likeness (QED) is 0.297. The van der Waals surface area contributed by atoms with E-state index in [1.807, 2.05) is 79.0 Å². The molecule has 0 saturated carbocycles. The Hall–Kier alpha value is -3.24. The second kappa shape index (κ2) is 9.51. The minimum Gasteiger partial charge on any atom is -0.457 e. The molecule has 0 radical (unpaired) electrons. The summed E-state index contributed by atoms with van der Waals surface area (Å²) in [5, 5.41) is 7.98. The molecule has 30 heavy (non-hydrogen) atoms. The van der Waals surface area contributed by atoms with E-state index in [1.165, 1.54) is 0 Å². The fourth-order valence-electron chi connectivity index (χ4n) is 3.24. The van der Waals surface area contributed by atoms with Gasteiger partial charge in [0.15, 0.2) is 0 Å². The van der Waals surface area contributed by atoms with Gasteiger partial charge in [-0.1, -0.05) is 18.2 Å². The summed E-state index contributed by atoms with van der Waals surface area (Å²) in [7, 11) is 0. The molecule has 5 heteroatoms. The fraction of sp³-hybridized carbons (Fsp3) is 0.160. The van der Waals surface area contributed by atoms with Crippen LogP contribution in [-0.4, -0.2) is 16.9 Å². The Morgan fingerprint density at radius 1 is 0.867 bits per heavy atom. The van der Waals surface area contributed by atoms with Gasteiger partial charge >= 0.3 is 0 Å². The van der Waals surface area contributed by atoms with Crippen molar-refractivity contribution in [2.75, 3.05) is 16.5 Å². The number of aromatic nitrogens is 1. The Kier molecular flexibility index (Phi) is 6.35. The minimum absolute atomic E-state index is 0.340. The molecule has 0 aliphatic rings. The Morgan fingerprint density at radius 2 is 1.53 bits per heavy atom. The van der Waals surface area contributed by atoms with Gasteiger partial charge in [0.05, 0.1) is 5.52 Å². The number of nitrogens with one attached hydrogen (secondary N) is 2. The second-order valence-corrected chi connectivity index (χ2v) is 7.55. The molecule has 0 saturated heterocycles. The molecule has 1 aromatic heterocycles. The molecule has 0 amide bonds. The number of hydrogen-bond acceptors (Lipinski definition) is 4. The number of pyridine rings is 1. The Bertz CT molecular complexity index is 1090. The summed E-state index contributed by atoms with van der Waals surface area (Å²) < 4.78 is 5.97. The molecule has 0 aliphatic carbocycles. The van der Waals surface area contributed by atoms with Gasteiger partial charge < -0.3 is 15.4 Å². The standard InChI is InChI=1S/C25H24ClN3O/c1-18(14-16-26)28-19-6-10-21(11-7-19)30-22-12-8-20(9-13-22)29-25-15-17-27-24-5-3-2-4-23(24)25/h2-13,15,17-18,28H,14,16H2,1H3,(H,27,29). The van der Waals surface area contributed by atoms with E-state index >= 15 is 0 Å². The number of alkyl halides is 1. The summed E-state index contributed by atoms with van der Waals surface area (Å²) in [5.74, 6) is 2.24. The van der Waals surface area contributed by atoms with Crippen LogP contribution in [0.1, 0.15) is 13.3 Å². The normalized spacial score (nSPS) is 11.8. The molecule has 4 aromatic rings. The van der Waals surface area contributed by atoms with Gasteiger partial charge in [-0.2, -0.15) is 0 Å². The third-order valence-corrected chi connectivity index (χ3v) is 5.05. The van der Waals surface area contributed by atoms with Crippen molar-refractivity contribution in [3.05, 3.63) is 85.1 Å². The maximum absolute atomic E-state index is 5.97. The average molecular weight is 418 g/mol. The molecule has 4 rings (SSSR count). The van der Waals surface area contributed by atoms with E-state index in [2.05, 4.69) is 28.6 Å². The molecule has 3 aromatic carbocycles. The van der Waals surface area contributed by atoms with Gasteiger partial charge in [-0.25, -0.2) is 0 Å². The number of para-hydroxylation sites is 1. The Labute approximate surface area is 181 Å². The van der Waals surface area contributed by atoms with E-state index in [0.717, 1.165) is 45.9 Å². The van der Waals surface area contributed by atoms with Crippen LogP contribution in [0.2, 0.25) is 0 Å². The number of hydrogen-bond donors (Lipinski definition) is 2. The molecular formula is C25H24ClN3O. The van der Waals surface area contributed by atoms with Crippen LogP contribution in [0, 0.1) is 0 Å². The van der Waals surface area contributed by atoms with Crippen LogP contribution in [0.25, 0.3) is 10.9 Å². The van der Waals surface area contributed by atoms with Gasteiger partial charge in [0.25, 0.3) is 0 Å². The Morgan fingerprint density at radius 3 is 2.23 bits per heavy atom. The van der Waals surface area contributed by atoms with Gasteiger partial charge in [0, 0.05) is 40.6 Å². The first-order valence-corrected chi connectivity index (χ1v) is 10.6. The van der Waals surface area contributed by atoms with Gasteiger partial charge in [0.2, 0.25) is 0 Å². The van der Waals surface area contributed by atoms with Gasteiger partial charge in [-0.15, -0.1) is 11.6 Å². The van der Waals surface area contributed by atoms with Crippen molar-refractivity contribution in [1.29, 1.82) is 0 Å². The maximum Gasteiger partial charge on any atom is 0.127 e. The zero-order valence-electron chi connectivity index (χ0n) is 16.8. The lowest BCUT2D eigenvalue weighted by molar-refractivity contribution is 0.483. The van der Waals surface area contributed by atoms with E-state index in [1.54, 1.807) is 0 Å². The van der Waals surface area contributed by atoms with Crippen LogP contribution in [0.15, 0.2) is 85.1 Å². The van der Waals surface area contributed by atoms with Crippen molar-refractivity contribution in [2.24, 2.45) is 0 Å². The van der Waals surface area contributed by atoms with E-state index in [0.29, 0.717) is 11.9 Å². The van der Waals surface area contributed by atoms with Crippen LogP contribution in [0.4, 0.5) is 17.1 Å². The molecule has 0 aliphatic heterocycles. The summed E-state index contributed by atoms with van der Waals surface area (Å²) in [5.41, 5.74) is 4.05. The van der Waals surface area contributed by atoms with Crippen LogP contribution < -0.4 is 15.4 Å². The van der Waals surface area contributed by atoms with Gasteiger partial charge in [-0.05, 0) is 74.0 Å². The number of fused-ring (bicyclic) bond motifs is 1. The lowest BCUT2D eigenvalue weighted by atomic mass is 10.2. The molecule has 1 heterocycles. The molecular weight excluding hydrogens is 394 g/mol. The van der Waals surface area contributed by atoms with Crippen LogP contribution >= 0.6 is 11.6 Å². The number of benzene rings is 3. The van der Waals surface area contributed by atoms with E-state index < -0.39 is 0 Å². The number of nitrogens with zero attached hydrogens (tertiary/aromatic N) is 1. The van der Waals surface area contributed by atoms with E-state index in [-0.39, 0.29) is 0 Å². The number of ether oxygens (including phenoxy) is 1. The first-order chi connectivity index (χ1) is 14.7. The van der Waals surface area contributed by atoms with Crippen molar-refractivity contribution in [3.8, 4) is 11.5 Å². The average Bonchev–Trinajstić information content (AvgIpc) is 2.77. The van der Waals surface area contributed by atoms with Crippen molar-refractivity contribution in [1.82, 2.24) is 4.98 Å². The molecule has 0 bridgehead atoms. The van der Waals surface area contributed by atoms with Crippen molar-refractivity contribution in [3.63, 3.8) is 0 Å². The molecule has 4 nitrogen and oxygen atoms in total. The monoisotopic (exact) mass is 417 g/mol. The third kappa shape index (κ3) is 5.02. The number of anilines is 3. The maximum atomic E-state index is 5.97. The third-order valence-electron chi connectivity index (χ3n) is 4.83. The van der Waals surface area contributed by atoms with Crippen LogP contribution in [0.3, 0.4) is 0 Å². The van der Waals surface area contributed by atoms with Gasteiger partial charge in [-0.3, -0.25) is 4.98 Å². The number of halogens is 1. The predicted molar refractivity (Wildman–Crippen MR) is 126 cm³/mol. The van der Waals surface area contributed by atoms with Crippen LogP contribution in [0.5, 0.6) is 11.5 Å². The fourth-order valence-corrected chi connectivity index (χ4v) is 3.57. The second-order valence-electron chi connectivity index (χ2n) is 7.17. The summed E-state index contributed by atoms with van der Waals surface area (Å²) >= 11 is 5.79. The van der Waals surface area contributed by atoms with Crippen LogP contribution in [-0.2, 0) is 0 Å². The number of rotatable bonds is 8. The molecule has 2 N–H and O–H groups in total. The topological polar surface area (TPSA) is 46.2 Å². The largest absolute Gasteiger partial charge is 0.457 e. The zero-order valence-corrected chi connectivity index (χ0v) is 17.6. The highest BCUT2D eigenvalue weighted by Crippen LogP contribution is 2.28. The van der Waals surface area contributed by atoms with Crippen molar-refractivity contribution < 1.29 is 4.74 Å². The van der Waals surface area contributed by atoms with Gasteiger partial charge in [0.1, 0.15) is 11.5 Å². The molecule has 152 valence electrons. The molecule has 0 spiro atoms. The van der Waals surface area contributed by atoms with E-state index in [9.17, 15) is 0 Å². The molecule has 1 unspecified atom stereocenters. The lowest BCUT2D eigenvalue weighted by Crippen LogP contribution is -2.15. The summed E-state index contributed by atoms with van der Waals surface area (Å²) in [6.45, 7) is 2.12. The summed E-state index contributed by atoms with van der Waals surface area (Å²) in [6.07, 6.45) is 2.74. The zero-order chi connectivity index (χ0) is 20.8. The van der Waals surface area contributed by atoms with Crippen molar-refractivity contribution >= 4 is 39.6 Å². The van der Waals surface area contributed by atoms with Crippen molar-refractivity contribution in [2.45, 2.75) is 19.4 Å². The highest BCUT2D eigenvalue weighted by molar-refractivity contribution is 6.17. The summed E-state index contributed by atoms with van der Waals surface area (Å²) in [4.78, 5) is 4.41. The minimum atomic E-state index is 0.340. The summed E-state index contributed by atoms with van der Waals surface area (Å²) in [6, 6.07) is 26.3. The smallest absolute Gasteiger partial charge is 0.127 e. The predicted octanol–water partition coefficient (Wildman–Crippen LogP) is 7.20. The lowest BCUT2D eigenvalue weighted by Gasteiger charge is -2.14. The highest BCUT2D eigenvalue weighted by atomic mass is 35.5. The first-order valence-electron chi connectivity index (χ1n) is 10.0.